The monoisotopic (exact) mass is 394 g/mol. The molecular formula is C28H26O2. The number of benzene rings is 5. The molecule has 0 saturated heterocycles. The number of carboxylic acids is 1. The van der Waals surface area contributed by atoms with E-state index in [2.05, 4.69) is 66.7 Å². The number of aryl methyl sites for hydroxylation is 1. The summed E-state index contributed by atoms with van der Waals surface area (Å²) >= 11 is 0. The van der Waals surface area contributed by atoms with Crippen molar-refractivity contribution < 1.29 is 9.90 Å². The first-order valence-corrected chi connectivity index (χ1v) is 11.0. The van der Waals surface area contributed by atoms with E-state index < -0.39 is 5.97 Å². The Balaban J connectivity index is 1.53. The van der Waals surface area contributed by atoms with E-state index in [1.165, 1.54) is 48.7 Å². The van der Waals surface area contributed by atoms with Crippen molar-refractivity contribution in [2.24, 2.45) is 0 Å². The zero-order valence-electron chi connectivity index (χ0n) is 17.2. The number of hydrogen-bond donors (Lipinski definition) is 1. The number of carboxylic acid groups (broad SMARTS) is 1. The minimum absolute atomic E-state index is 0.293. The molecule has 0 spiro atoms. The number of unbranched alkanes of at least 4 members (excludes halogenated alkanes) is 4. The van der Waals surface area contributed by atoms with Gasteiger partial charge in [-0.05, 0) is 67.9 Å². The molecule has 0 aliphatic rings. The van der Waals surface area contributed by atoms with E-state index in [1.54, 1.807) is 0 Å². The van der Waals surface area contributed by atoms with Gasteiger partial charge in [-0.25, -0.2) is 0 Å². The normalized spacial score (nSPS) is 11.9. The molecule has 5 aromatic carbocycles. The topological polar surface area (TPSA) is 37.3 Å². The Labute approximate surface area is 176 Å². The Kier molecular flexibility index (Phi) is 5.00. The average molecular weight is 395 g/mol. The minimum Gasteiger partial charge on any atom is -0.481 e. The van der Waals surface area contributed by atoms with Crippen LogP contribution in [-0.2, 0) is 11.2 Å². The van der Waals surface area contributed by atoms with E-state index in [-0.39, 0.29) is 0 Å². The lowest BCUT2D eigenvalue weighted by molar-refractivity contribution is -0.137. The molecule has 0 radical (unpaired) electrons. The molecule has 0 bridgehead atoms. The summed E-state index contributed by atoms with van der Waals surface area (Å²) < 4.78 is 0. The van der Waals surface area contributed by atoms with Gasteiger partial charge in [0.15, 0.2) is 0 Å². The van der Waals surface area contributed by atoms with Crippen LogP contribution in [-0.4, -0.2) is 11.1 Å². The van der Waals surface area contributed by atoms with Crippen molar-refractivity contribution in [3.8, 4) is 0 Å². The van der Waals surface area contributed by atoms with Gasteiger partial charge < -0.3 is 5.11 Å². The molecule has 0 heterocycles. The van der Waals surface area contributed by atoms with Crippen LogP contribution < -0.4 is 0 Å². The molecule has 30 heavy (non-hydrogen) atoms. The SMILES string of the molecule is O=C(O)CCCCCCCc1ccc2cccc3c4cccc5cccc(c1c23)c54. The van der Waals surface area contributed by atoms with Gasteiger partial charge in [0, 0.05) is 6.42 Å². The van der Waals surface area contributed by atoms with Crippen LogP contribution in [0.1, 0.15) is 44.1 Å². The molecule has 0 aliphatic heterocycles. The van der Waals surface area contributed by atoms with Gasteiger partial charge >= 0.3 is 5.97 Å². The maximum atomic E-state index is 10.6. The third-order valence-corrected chi connectivity index (χ3v) is 6.43. The molecule has 0 fully saturated rings. The molecule has 1 N–H and O–H groups in total. The second-order valence-electron chi connectivity index (χ2n) is 8.37. The molecule has 0 atom stereocenters. The average Bonchev–Trinajstić information content (AvgIpc) is 2.76. The Morgan fingerprint density at radius 2 is 1.20 bits per heavy atom. The van der Waals surface area contributed by atoms with Crippen molar-refractivity contribution in [2.45, 2.75) is 44.9 Å². The molecule has 150 valence electrons. The van der Waals surface area contributed by atoms with Gasteiger partial charge in [0.05, 0.1) is 0 Å². The molecule has 0 amide bonds. The van der Waals surface area contributed by atoms with Crippen molar-refractivity contribution in [3.05, 3.63) is 72.3 Å². The van der Waals surface area contributed by atoms with Gasteiger partial charge in [-0.3, -0.25) is 4.79 Å². The van der Waals surface area contributed by atoms with Crippen LogP contribution >= 0.6 is 0 Å². The maximum Gasteiger partial charge on any atom is 0.303 e. The van der Waals surface area contributed by atoms with Gasteiger partial charge in [-0.1, -0.05) is 86.0 Å². The van der Waals surface area contributed by atoms with E-state index in [1.807, 2.05) is 0 Å². The van der Waals surface area contributed by atoms with Crippen LogP contribution in [0.3, 0.4) is 0 Å². The number of hydrogen-bond acceptors (Lipinski definition) is 1. The van der Waals surface area contributed by atoms with E-state index in [4.69, 9.17) is 5.11 Å². The lowest BCUT2D eigenvalue weighted by Crippen LogP contribution is -1.94. The summed E-state index contributed by atoms with van der Waals surface area (Å²) in [4.78, 5) is 10.6. The molecule has 0 saturated carbocycles. The van der Waals surface area contributed by atoms with Crippen LogP contribution in [0.25, 0.3) is 43.1 Å². The first-order chi connectivity index (χ1) is 14.7. The first kappa shape index (κ1) is 18.9. The molecule has 2 heteroatoms. The quantitative estimate of drug-likeness (QED) is 0.166. The van der Waals surface area contributed by atoms with Gasteiger partial charge in [0.2, 0.25) is 0 Å². The van der Waals surface area contributed by atoms with Crippen LogP contribution in [0.2, 0.25) is 0 Å². The smallest absolute Gasteiger partial charge is 0.303 e. The molecule has 2 nitrogen and oxygen atoms in total. The first-order valence-electron chi connectivity index (χ1n) is 11.0. The fourth-order valence-corrected chi connectivity index (χ4v) is 5.06. The Bertz CT molecular complexity index is 1340. The van der Waals surface area contributed by atoms with Gasteiger partial charge in [0.25, 0.3) is 0 Å². The predicted octanol–water partition coefficient (Wildman–Crippen LogP) is 7.70. The fraction of sp³-hybridized carbons (Fsp3) is 0.250. The van der Waals surface area contributed by atoms with Crippen molar-refractivity contribution >= 4 is 49.1 Å². The van der Waals surface area contributed by atoms with Gasteiger partial charge in [-0.2, -0.15) is 0 Å². The summed E-state index contributed by atoms with van der Waals surface area (Å²) in [5.74, 6) is -0.685. The molecule has 5 aromatic rings. The summed E-state index contributed by atoms with van der Waals surface area (Å²) in [7, 11) is 0. The maximum absolute atomic E-state index is 10.6. The minimum atomic E-state index is -0.685. The van der Waals surface area contributed by atoms with Crippen LogP contribution in [0.4, 0.5) is 0 Å². The van der Waals surface area contributed by atoms with E-state index >= 15 is 0 Å². The zero-order valence-corrected chi connectivity index (χ0v) is 17.2. The van der Waals surface area contributed by atoms with Crippen molar-refractivity contribution in [2.75, 3.05) is 0 Å². The second kappa shape index (κ2) is 7.95. The third kappa shape index (κ3) is 3.27. The van der Waals surface area contributed by atoms with E-state index in [0.29, 0.717) is 6.42 Å². The van der Waals surface area contributed by atoms with Gasteiger partial charge in [0.1, 0.15) is 0 Å². The highest BCUT2D eigenvalue weighted by Gasteiger charge is 2.14. The third-order valence-electron chi connectivity index (χ3n) is 6.43. The number of fused-ring (bicyclic) bond motifs is 2. The zero-order chi connectivity index (χ0) is 20.5. The number of rotatable bonds is 8. The second-order valence-corrected chi connectivity index (χ2v) is 8.37. The van der Waals surface area contributed by atoms with Crippen LogP contribution in [0.15, 0.2) is 66.7 Å². The largest absolute Gasteiger partial charge is 0.481 e. The Hall–Kier alpha value is -3.13. The Morgan fingerprint density at radius 3 is 1.93 bits per heavy atom. The highest BCUT2D eigenvalue weighted by Crippen LogP contribution is 2.41. The van der Waals surface area contributed by atoms with Crippen molar-refractivity contribution in [3.63, 3.8) is 0 Å². The highest BCUT2D eigenvalue weighted by molar-refractivity contribution is 6.33. The Morgan fingerprint density at radius 1 is 0.600 bits per heavy atom. The van der Waals surface area contributed by atoms with Crippen LogP contribution in [0, 0.1) is 0 Å². The van der Waals surface area contributed by atoms with E-state index in [0.717, 1.165) is 38.5 Å². The lowest BCUT2D eigenvalue weighted by Gasteiger charge is -2.17. The fourth-order valence-electron chi connectivity index (χ4n) is 5.06. The molecule has 0 aliphatic carbocycles. The number of aliphatic carboxylic acids is 1. The molecule has 5 rings (SSSR count). The summed E-state index contributed by atoms with van der Waals surface area (Å²) in [6, 6.07) is 24.6. The summed E-state index contributed by atoms with van der Waals surface area (Å²) in [5.41, 5.74) is 1.43. The lowest BCUT2D eigenvalue weighted by atomic mass is 9.86. The van der Waals surface area contributed by atoms with Crippen LogP contribution in [0.5, 0.6) is 0 Å². The van der Waals surface area contributed by atoms with Crippen molar-refractivity contribution in [1.29, 1.82) is 0 Å². The summed E-state index contributed by atoms with van der Waals surface area (Å²) in [6.45, 7) is 0. The highest BCUT2D eigenvalue weighted by atomic mass is 16.4. The number of carbonyl (C=O) groups is 1. The molecule has 0 aromatic heterocycles. The summed E-state index contributed by atoms with van der Waals surface area (Å²) in [5, 5.41) is 19.6. The molecule has 0 unspecified atom stereocenters. The predicted molar refractivity (Wildman–Crippen MR) is 127 cm³/mol. The summed E-state index contributed by atoms with van der Waals surface area (Å²) in [6.07, 6.45) is 6.56. The molecular weight excluding hydrogens is 368 g/mol. The van der Waals surface area contributed by atoms with Gasteiger partial charge in [-0.15, -0.1) is 0 Å². The van der Waals surface area contributed by atoms with E-state index in [9.17, 15) is 4.79 Å². The van der Waals surface area contributed by atoms with Crippen molar-refractivity contribution in [1.82, 2.24) is 0 Å². The standard InChI is InChI=1S/C28H26O2/c29-25(30)16-5-3-1-2-4-9-20-17-18-21-12-7-14-23-22-13-6-10-19-11-8-15-24(26(19)22)28(20)27(21)23/h6-8,10-15,17-18H,1-5,9,16H2,(H,29,30).